The van der Waals surface area contributed by atoms with E-state index < -0.39 is 5.97 Å². The van der Waals surface area contributed by atoms with Gasteiger partial charge in [-0.25, -0.2) is 4.79 Å². The Morgan fingerprint density at radius 3 is 2.43 bits per heavy atom. The molecule has 0 aliphatic carbocycles. The standard InChI is InChI=1S/C18H18O5/c1-2-3-12-8-16-17(23-10-22-16)9-13(12)6-11-4-5-14(18(20)21)15(19)7-11/h4-5,7-9,19H,2-3,6,10H2,1H3,(H,20,21). The maximum absolute atomic E-state index is 11.0. The molecule has 0 saturated heterocycles. The lowest BCUT2D eigenvalue weighted by Gasteiger charge is -2.11. The first-order valence-electron chi connectivity index (χ1n) is 7.55. The second kappa shape index (κ2) is 6.20. The van der Waals surface area contributed by atoms with E-state index >= 15 is 0 Å². The number of phenols is 1. The fraction of sp³-hybridized carbons (Fsp3) is 0.278. The lowest BCUT2D eigenvalue weighted by molar-refractivity contribution is 0.0693. The summed E-state index contributed by atoms with van der Waals surface area (Å²) in [4.78, 5) is 11.0. The van der Waals surface area contributed by atoms with Crippen LogP contribution in [-0.4, -0.2) is 23.0 Å². The molecule has 1 aliphatic heterocycles. The van der Waals surface area contributed by atoms with E-state index in [9.17, 15) is 9.90 Å². The third-order valence-corrected chi connectivity index (χ3v) is 3.90. The van der Waals surface area contributed by atoms with Gasteiger partial charge in [0.25, 0.3) is 0 Å². The van der Waals surface area contributed by atoms with E-state index in [4.69, 9.17) is 14.6 Å². The number of hydrogen-bond donors (Lipinski definition) is 2. The zero-order valence-electron chi connectivity index (χ0n) is 12.8. The van der Waals surface area contributed by atoms with Gasteiger partial charge in [-0.1, -0.05) is 19.4 Å². The smallest absolute Gasteiger partial charge is 0.339 e. The molecule has 3 rings (SSSR count). The minimum atomic E-state index is -1.14. The monoisotopic (exact) mass is 314 g/mol. The number of carbonyl (C=O) groups is 1. The van der Waals surface area contributed by atoms with Crippen molar-refractivity contribution >= 4 is 5.97 Å². The molecule has 23 heavy (non-hydrogen) atoms. The van der Waals surface area contributed by atoms with Gasteiger partial charge in [0.05, 0.1) is 0 Å². The van der Waals surface area contributed by atoms with E-state index in [-0.39, 0.29) is 18.1 Å². The Hall–Kier alpha value is -2.69. The van der Waals surface area contributed by atoms with Crippen molar-refractivity contribution in [2.75, 3.05) is 6.79 Å². The minimum Gasteiger partial charge on any atom is -0.507 e. The Labute approximate surface area is 134 Å². The van der Waals surface area contributed by atoms with Crippen molar-refractivity contribution in [3.05, 3.63) is 52.6 Å². The van der Waals surface area contributed by atoms with Crippen LogP contribution in [0.25, 0.3) is 0 Å². The highest BCUT2D eigenvalue weighted by molar-refractivity contribution is 5.90. The molecule has 5 heteroatoms. The van der Waals surface area contributed by atoms with Crippen molar-refractivity contribution < 1.29 is 24.5 Å². The van der Waals surface area contributed by atoms with Crippen molar-refractivity contribution in [2.45, 2.75) is 26.2 Å². The quantitative estimate of drug-likeness (QED) is 0.885. The topological polar surface area (TPSA) is 76.0 Å². The summed E-state index contributed by atoms with van der Waals surface area (Å²) in [5.41, 5.74) is 3.04. The molecule has 0 spiro atoms. The first-order chi connectivity index (χ1) is 11.1. The molecule has 0 atom stereocenters. The van der Waals surface area contributed by atoms with Crippen LogP contribution in [0, 0.1) is 0 Å². The van der Waals surface area contributed by atoms with Crippen molar-refractivity contribution in [3.8, 4) is 17.2 Å². The zero-order valence-corrected chi connectivity index (χ0v) is 12.8. The first kappa shape index (κ1) is 15.2. The average Bonchev–Trinajstić information content (AvgIpc) is 2.94. The van der Waals surface area contributed by atoms with Gasteiger partial charge >= 0.3 is 5.97 Å². The summed E-state index contributed by atoms with van der Waals surface area (Å²) < 4.78 is 10.9. The molecule has 0 fully saturated rings. The number of carboxylic acid groups (broad SMARTS) is 1. The summed E-state index contributed by atoms with van der Waals surface area (Å²) in [6, 6.07) is 8.63. The Morgan fingerprint density at radius 2 is 1.83 bits per heavy atom. The highest BCUT2D eigenvalue weighted by atomic mass is 16.7. The molecule has 5 nitrogen and oxygen atoms in total. The van der Waals surface area contributed by atoms with Gasteiger partial charge in [-0.05, 0) is 53.8 Å². The van der Waals surface area contributed by atoms with Gasteiger partial charge < -0.3 is 19.7 Å². The highest BCUT2D eigenvalue weighted by Crippen LogP contribution is 2.36. The van der Waals surface area contributed by atoms with E-state index in [1.165, 1.54) is 17.7 Å². The van der Waals surface area contributed by atoms with Gasteiger partial charge in [-0.3, -0.25) is 0 Å². The summed E-state index contributed by atoms with van der Waals surface area (Å²) in [6.45, 7) is 2.35. The van der Waals surface area contributed by atoms with Gasteiger partial charge in [0.2, 0.25) is 6.79 Å². The van der Waals surface area contributed by atoms with Gasteiger partial charge in [0.15, 0.2) is 11.5 Å². The van der Waals surface area contributed by atoms with Crippen LogP contribution in [-0.2, 0) is 12.8 Å². The lowest BCUT2D eigenvalue weighted by Crippen LogP contribution is -1.99. The molecular weight excluding hydrogens is 296 g/mol. The van der Waals surface area contributed by atoms with Crippen molar-refractivity contribution in [1.82, 2.24) is 0 Å². The normalized spacial score (nSPS) is 12.4. The zero-order chi connectivity index (χ0) is 16.4. The summed E-state index contributed by atoms with van der Waals surface area (Å²) in [5, 5.41) is 18.8. The predicted octanol–water partition coefficient (Wildman–Crippen LogP) is 3.36. The van der Waals surface area contributed by atoms with Gasteiger partial charge in [0, 0.05) is 0 Å². The number of aromatic carboxylic acids is 1. The summed E-state index contributed by atoms with van der Waals surface area (Å²) in [7, 11) is 0. The Bertz CT molecular complexity index is 751. The fourth-order valence-electron chi connectivity index (χ4n) is 2.78. The number of ether oxygens (including phenoxy) is 2. The molecule has 2 aromatic rings. The maximum Gasteiger partial charge on any atom is 0.339 e. The first-order valence-corrected chi connectivity index (χ1v) is 7.55. The van der Waals surface area contributed by atoms with E-state index in [0.29, 0.717) is 6.42 Å². The van der Waals surface area contributed by atoms with Crippen molar-refractivity contribution in [3.63, 3.8) is 0 Å². The van der Waals surface area contributed by atoms with Crippen LogP contribution in [0.5, 0.6) is 17.2 Å². The number of rotatable bonds is 5. The molecule has 0 aromatic heterocycles. The second-order valence-corrected chi connectivity index (χ2v) is 5.56. The number of hydrogen-bond acceptors (Lipinski definition) is 4. The third kappa shape index (κ3) is 3.08. The molecule has 2 N–H and O–H groups in total. The van der Waals surface area contributed by atoms with Crippen LogP contribution >= 0.6 is 0 Å². The molecule has 1 aliphatic rings. The van der Waals surface area contributed by atoms with Crippen LogP contribution in [0.15, 0.2) is 30.3 Å². The molecule has 0 radical (unpaired) electrons. The molecule has 1 heterocycles. The number of carboxylic acids is 1. The number of benzene rings is 2. The Morgan fingerprint density at radius 1 is 1.13 bits per heavy atom. The highest BCUT2D eigenvalue weighted by Gasteiger charge is 2.18. The van der Waals surface area contributed by atoms with Crippen LogP contribution in [0.4, 0.5) is 0 Å². The van der Waals surface area contributed by atoms with Crippen LogP contribution in [0.1, 0.15) is 40.4 Å². The molecule has 2 aromatic carbocycles. The second-order valence-electron chi connectivity index (χ2n) is 5.56. The SMILES string of the molecule is CCCc1cc2c(cc1Cc1ccc(C(=O)O)c(O)c1)OCO2. The van der Waals surface area contributed by atoms with E-state index in [1.807, 2.05) is 12.1 Å². The maximum atomic E-state index is 11.0. The number of aromatic hydroxyl groups is 1. The van der Waals surface area contributed by atoms with E-state index in [1.54, 1.807) is 6.07 Å². The summed E-state index contributed by atoms with van der Waals surface area (Å²) in [5.74, 6) is 0.143. The average molecular weight is 314 g/mol. The molecule has 0 amide bonds. The lowest BCUT2D eigenvalue weighted by atomic mass is 9.95. The minimum absolute atomic E-state index is 0.0896. The molecule has 0 bridgehead atoms. The number of aryl methyl sites for hydroxylation is 1. The van der Waals surface area contributed by atoms with E-state index in [2.05, 4.69) is 6.92 Å². The molecular formula is C18H18O5. The third-order valence-electron chi connectivity index (χ3n) is 3.90. The summed E-state index contributed by atoms with van der Waals surface area (Å²) in [6.07, 6.45) is 2.53. The Kier molecular flexibility index (Phi) is 4.10. The molecule has 0 unspecified atom stereocenters. The van der Waals surface area contributed by atoms with Crippen LogP contribution in [0.2, 0.25) is 0 Å². The van der Waals surface area contributed by atoms with Gasteiger partial charge in [-0.2, -0.15) is 0 Å². The predicted molar refractivity (Wildman–Crippen MR) is 84.4 cm³/mol. The van der Waals surface area contributed by atoms with Crippen LogP contribution in [0.3, 0.4) is 0 Å². The van der Waals surface area contributed by atoms with Crippen molar-refractivity contribution in [1.29, 1.82) is 0 Å². The largest absolute Gasteiger partial charge is 0.507 e. The van der Waals surface area contributed by atoms with Crippen LogP contribution < -0.4 is 9.47 Å². The summed E-state index contributed by atoms with van der Waals surface area (Å²) >= 11 is 0. The van der Waals surface area contributed by atoms with Gasteiger partial charge in [0.1, 0.15) is 11.3 Å². The number of fused-ring (bicyclic) bond motifs is 1. The Balaban J connectivity index is 1.93. The molecule has 0 saturated carbocycles. The van der Waals surface area contributed by atoms with Crippen molar-refractivity contribution in [2.24, 2.45) is 0 Å². The van der Waals surface area contributed by atoms with Gasteiger partial charge in [-0.15, -0.1) is 0 Å². The van der Waals surface area contributed by atoms with E-state index in [0.717, 1.165) is 35.5 Å². The fourth-order valence-corrected chi connectivity index (χ4v) is 2.78. The molecule has 120 valence electrons.